The zero-order valence-electron chi connectivity index (χ0n) is 33.7. The number of halogens is 1. The van der Waals surface area contributed by atoms with Crippen molar-refractivity contribution < 1.29 is 27.5 Å². The molecule has 0 fully saturated rings. The number of sulfone groups is 1. The summed E-state index contributed by atoms with van der Waals surface area (Å²) in [6.45, 7) is 11.7. The number of Topliss-reactive ketones (excluding diaryl/α,β-unsaturated/α-hetero) is 1. The Hall–Kier alpha value is -4.99. The SMILES string of the molecule is Cc1sc2c(c1C)C(c1ccc(Cl)cc1)=N[C@@H](CC(=O)CCCOCCOCCNC(=O)c1ccc(S(=O)(=O)Cc3ccc(C)c4c(C)c[nH]c34)cc1)c1nnc(C)n1-2. The molecule has 3 aromatic carbocycles. The van der Waals surface area contributed by atoms with Crippen molar-refractivity contribution in [1.29, 1.82) is 0 Å². The van der Waals surface area contributed by atoms with Gasteiger partial charge in [-0.2, -0.15) is 0 Å². The van der Waals surface area contributed by atoms with Gasteiger partial charge in [-0.15, -0.1) is 21.5 Å². The van der Waals surface area contributed by atoms with Crippen molar-refractivity contribution in [2.75, 3.05) is 33.0 Å². The van der Waals surface area contributed by atoms with Crippen LogP contribution in [0.3, 0.4) is 0 Å². The Bertz CT molecular complexity index is 2650. The zero-order chi connectivity index (χ0) is 41.8. The average Bonchev–Trinajstić information content (AvgIpc) is 3.86. The third-order valence-electron chi connectivity index (χ3n) is 10.6. The van der Waals surface area contributed by atoms with Gasteiger partial charge in [0.05, 0.1) is 41.7 Å². The van der Waals surface area contributed by atoms with Crippen LogP contribution in [0.1, 0.15) is 85.6 Å². The first kappa shape index (κ1) is 42.1. The van der Waals surface area contributed by atoms with Gasteiger partial charge < -0.3 is 19.8 Å². The summed E-state index contributed by atoms with van der Waals surface area (Å²) in [7, 11) is -3.64. The van der Waals surface area contributed by atoms with Crippen molar-refractivity contribution >= 4 is 61.1 Å². The largest absolute Gasteiger partial charge is 0.379 e. The summed E-state index contributed by atoms with van der Waals surface area (Å²) in [4.78, 5) is 35.8. The number of aliphatic imine (C=N–C) groups is 1. The van der Waals surface area contributed by atoms with E-state index in [0.717, 1.165) is 55.3 Å². The summed E-state index contributed by atoms with van der Waals surface area (Å²) in [6, 6.07) is 16.9. The third kappa shape index (κ3) is 9.27. The first-order chi connectivity index (χ1) is 28.3. The molecule has 0 radical (unpaired) electrons. The van der Waals surface area contributed by atoms with Crippen LogP contribution in [0.2, 0.25) is 5.02 Å². The molecule has 7 rings (SSSR count). The van der Waals surface area contributed by atoms with Gasteiger partial charge in [-0.05, 0) is 99.7 Å². The van der Waals surface area contributed by atoms with Crippen LogP contribution < -0.4 is 5.32 Å². The number of H-pyrrole nitrogens is 1. The molecule has 1 amide bonds. The number of carbonyl (C=O) groups excluding carboxylic acids is 2. The van der Waals surface area contributed by atoms with Crippen molar-refractivity contribution in [2.24, 2.45) is 4.99 Å². The number of ketones is 1. The van der Waals surface area contributed by atoms with E-state index in [9.17, 15) is 18.0 Å². The topological polar surface area (TPSA) is 158 Å². The fraction of sp³-hybridized carbons (Fsp3) is 0.341. The number of thiophene rings is 1. The molecule has 0 unspecified atom stereocenters. The predicted octanol–water partition coefficient (Wildman–Crippen LogP) is 8.07. The minimum Gasteiger partial charge on any atom is -0.379 e. The van der Waals surface area contributed by atoms with Crippen LogP contribution in [0.15, 0.2) is 76.7 Å². The van der Waals surface area contributed by atoms with E-state index in [2.05, 4.69) is 34.3 Å². The lowest BCUT2D eigenvalue weighted by Crippen LogP contribution is -2.27. The summed E-state index contributed by atoms with van der Waals surface area (Å²) < 4.78 is 39.9. The molecular formula is C44H47ClN6O6S2. The number of ether oxygens (including phenoxy) is 2. The lowest BCUT2D eigenvalue weighted by Gasteiger charge is -2.12. The minimum atomic E-state index is -3.64. The molecule has 4 heterocycles. The Morgan fingerprint density at radius 1 is 0.898 bits per heavy atom. The van der Waals surface area contributed by atoms with Gasteiger partial charge in [0.1, 0.15) is 22.7 Å². The Kier molecular flexibility index (Phi) is 12.9. The number of aromatic amines is 1. The normalized spacial score (nSPS) is 13.9. The van der Waals surface area contributed by atoms with Gasteiger partial charge in [0.25, 0.3) is 5.91 Å². The first-order valence-corrected chi connectivity index (χ1v) is 22.4. The Morgan fingerprint density at radius 2 is 1.63 bits per heavy atom. The van der Waals surface area contributed by atoms with E-state index in [1.165, 1.54) is 29.1 Å². The maximum absolute atomic E-state index is 13.3. The molecule has 1 aliphatic heterocycles. The van der Waals surface area contributed by atoms with E-state index in [0.29, 0.717) is 54.6 Å². The number of carbonyl (C=O) groups is 2. The van der Waals surface area contributed by atoms with E-state index in [1.54, 1.807) is 11.3 Å². The van der Waals surface area contributed by atoms with Crippen LogP contribution >= 0.6 is 22.9 Å². The highest BCUT2D eigenvalue weighted by Gasteiger charge is 2.32. The van der Waals surface area contributed by atoms with Crippen molar-refractivity contribution in [2.45, 2.75) is 70.6 Å². The van der Waals surface area contributed by atoms with Crippen molar-refractivity contribution in [3.05, 3.63) is 127 Å². The molecule has 0 aliphatic carbocycles. The van der Waals surface area contributed by atoms with Gasteiger partial charge in [-0.3, -0.25) is 19.1 Å². The van der Waals surface area contributed by atoms with Crippen LogP contribution in [-0.4, -0.2) is 78.5 Å². The summed E-state index contributed by atoms with van der Waals surface area (Å²) >= 11 is 7.89. The maximum atomic E-state index is 13.3. The Morgan fingerprint density at radius 3 is 2.37 bits per heavy atom. The van der Waals surface area contributed by atoms with E-state index in [4.69, 9.17) is 26.1 Å². The molecule has 0 bridgehead atoms. The standard InChI is InChI=1S/C44H47ClN6O6S2/c1-26-8-9-33(40-38(26)27(2)24-47-40)25-59(54,55)36-16-12-32(13-17-36)43(53)46-18-20-57-22-21-56-19-6-7-35(52)23-37-42-50-49-30(5)51(42)44-39(28(3)29(4)58-44)41(48-37)31-10-14-34(45)15-11-31/h8-17,24,37,47H,6-7,18-23,25H2,1-5H3,(H,46,53)/t37-/m0/s1. The smallest absolute Gasteiger partial charge is 0.251 e. The monoisotopic (exact) mass is 854 g/mol. The third-order valence-corrected chi connectivity index (χ3v) is 13.7. The lowest BCUT2D eigenvalue weighted by molar-refractivity contribution is -0.119. The van der Waals surface area contributed by atoms with Crippen LogP contribution in [0.25, 0.3) is 15.9 Å². The van der Waals surface area contributed by atoms with Gasteiger partial charge in [0.2, 0.25) is 0 Å². The van der Waals surface area contributed by atoms with Gasteiger partial charge in [0, 0.05) is 64.2 Å². The van der Waals surface area contributed by atoms with E-state index in [-0.39, 0.29) is 41.9 Å². The predicted molar refractivity (Wildman–Crippen MR) is 231 cm³/mol. The number of benzene rings is 3. The number of hydrogen-bond donors (Lipinski definition) is 2. The molecular weight excluding hydrogens is 808 g/mol. The van der Waals surface area contributed by atoms with Crippen LogP contribution in [0.4, 0.5) is 0 Å². The van der Waals surface area contributed by atoms with Crippen molar-refractivity contribution in [1.82, 2.24) is 25.1 Å². The molecule has 0 saturated carbocycles. The minimum absolute atomic E-state index is 0.0573. The Labute approximate surface area is 353 Å². The molecule has 59 heavy (non-hydrogen) atoms. The average molecular weight is 855 g/mol. The quantitative estimate of drug-likeness (QED) is 0.0873. The molecule has 0 spiro atoms. The molecule has 1 aliphatic rings. The van der Waals surface area contributed by atoms with Crippen molar-refractivity contribution in [3.8, 4) is 5.00 Å². The first-order valence-electron chi connectivity index (χ1n) is 19.5. The molecule has 12 nitrogen and oxygen atoms in total. The van der Waals surface area contributed by atoms with Crippen molar-refractivity contribution in [3.63, 3.8) is 0 Å². The van der Waals surface area contributed by atoms with E-state index in [1.807, 2.05) is 67.9 Å². The highest BCUT2D eigenvalue weighted by atomic mass is 35.5. The number of nitrogens with zero attached hydrogens (tertiary/aromatic N) is 4. The van der Waals surface area contributed by atoms with Gasteiger partial charge in [-0.1, -0.05) is 35.9 Å². The lowest BCUT2D eigenvalue weighted by atomic mass is 9.99. The maximum Gasteiger partial charge on any atom is 0.251 e. The fourth-order valence-electron chi connectivity index (χ4n) is 7.38. The highest BCUT2D eigenvalue weighted by molar-refractivity contribution is 7.90. The number of aryl methyl sites for hydroxylation is 4. The summed E-state index contributed by atoms with van der Waals surface area (Å²) in [6.07, 6.45) is 2.96. The van der Waals surface area contributed by atoms with E-state index < -0.39 is 15.9 Å². The van der Waals surface area contributed by atoms with Crippen LogP contribution in [0, 0.1) is 34.6 Å². The number of hydrogen-bond acceptors (Lipinski definition) is 10. The molecule has 1 atom stereocenters. The van der Waals surface area contributed by atoms with Crippen LogP contribution in [-0.2, 0) is 29.9 Å². The second-order valence-corrected chi connectivity index (χ2v) is 18.4. The van der Waals surface area contributed by atoms with Gasteiger partial charge >= 0.3 is 0 Å². The van der Waals surface area contributed by atoms with Gasteiger partial charge in [0.15, 0.2) is 15.7 Å². The fourth-order valence-corrected chi connectivity index (χ4v) is 10.1. The number of rotatable bonds is 17. The van der Waals surface area contributed by atoms with Crippen LogP contribution in [0.5, 0.6) is 0 Å². The molecule has 0 saturated heterocycles. The summed E-state index contributed by atoms with van der Waals surface area (Å²) in [5.41, 5.74) is 7.94. The number of amides is 1. The number of fused-ring (bicyclic) bond motifs is 4. The highest BCUT2D eigenvalue weighted by Crippen LogP contribution is 2.40. The molecule has 3 aromatic heterocycles. The number of nitrogens with one attached hydrogen (secondary N) is 2. The van der Waals surface area contributed by atoms with Gasteiger partial charge in [-0.25, -0.2) is 8.42 Å². The molecule has 6 aromatic rings. The zero-order valence-corrected chi connectivity index (χ0v) is 36.1. The number of aromatic nitrogens is 4. The second-order valence-electron chi connectivity index (χ2n) is 14.8. The molecule has 2 N–H and O–H groups in total. The summed E-state index contributed by atoms with van der Waals surface area (Å²) in [5, 5.41) is 14.3. The summed E-state index contributed by atoms with van der Waals surface area (Å²) in [5.74, 6) is 0.974. The Balaban J connectivity index is 0.825. The molecule has 308 valence electrons. The molecule has 15 heteroatoms. The second kappa shape index (κ2) is 18.1. The van der Waals surface area contributed by atoms with E-state index >= 15 is 0 Å².